The minimum Gasteiger partial charge on any atom is -0.493 e. The summed E-state index contributed by atoms with van der Waals surface area (Å²) in [4.78, 5) is 27.5. The second kappa shape index (κ2) is 11.3. The van der Waals surface area contributed by atoms with Crippen molar-refractivity contribution in [1.82, 2.24) is 20.5 Å². The number of ether oxygens (including phenoxy) is 2. The predicted octanol–water partition coefficient (Wildman–Crippen LogP) is 3.65. The standard InChI is InChI=1S/C25H34N4O4/c1-32-22-14-19(10-12-21(22)33-16-18-8-5-9-18)24-27-25(31)20(28-29-24)11-13-23(30)26-15-17-6-3-2-4-7-17/h10,12,14,17-18H,2-9,11,13,15-16H2,1H3,(H,26,30)(H,27,29,31). The second-order valence-electron chi connectivity index (χ2n) is 9.23. The van der Waals surface area contributed by atoms with Gasteiger partial charge in [0.1, 0.15) is 5.69 Å². The molecule has 0 unspecified atom stereocenters. The molecular weight excluding hydrogens is 420 g/mol. The summed E-state index contributed by atoms with van der Waals surface area (Å²) in [6, 6.07) is 5.45. The van der Waals surface area contributed by atoms with Crippen LogP contribution >= 0.6 is 0 Å². The fourth-order valence-electron chi connectivity index (χ4n) is 4.42. The van der Waals surface area contributed by atoms with Crippen LogP contribution in [-0.4, -0.2) is 41.3 Å². The fraction of sp³-hybridized carbons (Fsp3) is 0.600. The zero-order valence-corrected chi connectivity index (χ0v) is 19.4. The van der Waals surface area contributed by atoms with E-state index in [1.807, 2.05) is 12.1 Å². The molecule has 0 spiro atoms. The Morgan fingerprint density at radius 2 is 1.85 bits per heavy atom. The van der Waals surface area contributed by atoms with Crippen LogP contribution in [0.3, 0.4) is 0 Å². The molecule has 2 fully saturated rings. The number of aromatic amines is 1. The lowest BCUT2D eigenvalue weighted by molar-refractivity contribution is -0.121. The summed E-state index contributed by atoms with van der Waals surface area (Å²) in [5.74, 6) is 2.78. The summed E-state index contributed by atoms with van der Waals surface area (Å²) in [6.45, 7) is 1.41. The van der Waals surface area contributed by atoms with Crippen molar-refractivity contribution in [1.29, 1.82) is 0 Å². The van der Waals surface area contributed by atoms with Gasteiger partial charge in [-0.3, -0.25) is 9.59 Å². The Morgan fingerprint density at radius 3 is 2.55 bits per heavy atom. The number of methoxy groups -OCH3 is 1. The summed E-state index contributed by atoms with van der Waals surface area (Å²) in [5, 5.41) is 11.3. The lowest BCUT2D eigenvalue weighted by atomic mass is 9.86. The van der Waals surface area contributed by atoms with Crippen LogP contribution in [0.25, 0.3) is 11.4 Å². The molecule has 0 atom stereocenters. The smallest absolute Gasteiger partial charge is 0.273 e. The molecule has 0 aliphatic heterocycles. The van der Waals surface area contributed by atoms with Gasteiger partial charge < -0.3 is 19.8 Å². The first-order valence-corrected chi connectivity index (χ1v) is 12.2. The van der Waals surface area contributed by atoms with Crippen molar-refractivity contribution in [2.75, 3.05) is 20.3 Å². The zero-order chi connectivity index (χ0) is 23.0. The Bertz CT molecular complexity index is 996. The molecule has 1 aromatic heterocycles. The highest BCUT2D eigenvalue weighted by atomic mass is 16.5. The number of carbonyl (C=O) groups excluding carboxylic acids is 1. The van der Waals surface area contributed by atoms with Gasteiger partial charge in [0.2, 0.25) is 5.91 Å². The van der Waals surface area contributed by atoms with E-state index in [2.05, 4.69) is 20.5 Å². The molecule has 8 heteroatoms. The van der Waals surface area contributed by atoms with E-state index in [1.165, 1.54) is 51.4 Å². The van der Waals surface area contributed by atoms with Crippen LogP contribution in [0.15, 0.2) is 23.0 Å². The number of rotatable bonds is 10. The maximum atomic E-state index is 12.5. The van der Waals surface area contributed by atoms with Gasteiger partial charge in [-0.2, -0.15) is 0 Å². The molecule has 1 aromatic carbocycles. The highest BCUT2D eigenvalue weighted by molar-refractivity contribution is 5.76. The molecule has 178 valence electrons. The van der Waals surface area contributed by atoms with Crippen molar-refractivity contribution >= 4 is 5.91 Å². The third kappa shape index (κ3) is 6.33. The average molecular weight is 455 g/mol. The molecule has 2 aromatic rings. The molecule has 1 amide bonds. The zero-order valence-electron chi connectivity index (χ0n) is 19.4. The molecule has 1 heterocycles. The third-order valence-electron chi connectivity index (χ3n) is 6.80. The molecule has 2 saturated carbocycles. The van der Waals surface area contributed by atoms with Crippen LogP contribution in [0.2, 0.25) is 0 Å². The molecule has 0 radical (unpaired) electrons. The van der Waals surface area contributed by atoms with Gasteiger partial charge in [0.05, 0.1) is 13.7 Å². The maximum Gasteiger partial charge on any atom is 0.273 e. The van der Waals surface area contributed by atoms with Crippen molar-refractivity contribution < 1.29 is 14.3 Å². The van der Waals surface area contributed by atoms with Crippen LogP contribution in [-0.2, 0) is 11.2 Å². The Labute approximate surface area is 194 Å². The van der Waals surface area contributed by atoms with E-state index in [9.17, 15) is 9.59 Å². The first kappa shape index (κ1) is 23.3. The molecule has 2 aliphatic rings. The maximum absolute atomic E-state index is 12.5. The molecule has 8 nitrogen and oxygen atoms in total. The van der Waals surface area contributed by atoms with Crippen LogP contribution < -0.4 is 20.3 Å². The molecular formula is C25H34N4O4. The molecule has 2 N–H and O–H groups in total. The fourth-order valence-corrected chi connectivity index (χ4v) is 4.42. The van der Waals surface area contributed by atoms with Gasteiger partial charge in [-0.15, -0.1) is 10.2 Å². The monoisotopic (exact) mass is 454 g/mol. The van der Waals surface area contributed by atoms with E-state index in [-0.39, 0.29) is 30.0 Å². The number of aromatic nitrogens is 3. The van der Waals surface area contributed by atoms with Gasteiger partial charge in [-0.1, -0.05) is 25.7 Å². The topological polar surface area (TPSA) is 106 Å². The summed E-state index contributed by atoms with van der Waals surface area (Å²) in [7, 11) is 1.59. The second-order valence-corrected chi connectivity index (χ2v) is 9.23. The highest BCUT2D eigenvalue weighted by Crippen LogP contribution is 2.33. The Morgan fingerprint density at radius 1 is 1.06 bits per heavy atom. The van der Waals surface area contributed by atoms with Crippen LogP contribution in [0.4, 0.5) is 0 Å². The largest absolute Gasteiger partial charge is 0.493 e. The van der Waals surface area contributed by atoms with Crippen LogP contribution in [0.1, 0.15) is 63.5 Å². The molecule has 0 bridgehead atoms. The normalized spacial score (nSPS) is 16.8. The molecule has 4 rings (SSSR count). The van der Waals surface area contributed by atoms with Crippen molar-refractivity contribution in [3.8, 4) is 22.9 Å². The van der Waals surface area contributed by atoms with E-state index >= 15 is 0 Å². The van der Waals surface area contributed by atoms with E-state index in [1.54, 1.807) is 13.2 Å². The van der Waals surface area contributed by atoms with Crippen molar-refractivity contribution in [3.63, 3.8) is 0 Å². The number of aryl methyl sites for hydroxylation is 1. The quantitative estimate of drug-likeness (QED) is 0.568. The van der Waals surface area contributed by atoms with Crippen LogP contribution in [0, 0.1) is 11.8 Å². The number of H-pyrrole nitrogens is 1. The summed E-state index contributed by atoms with van der Waals surface area (Å²) >= 11 is 0. The number of benzene rings is 1. The molecule has 0 saturated heterocycles. The number of nitrogens with one attached hydrogen (secondary N) is 2. The van der Waals surface area contributed by atoms with Gasteiger partial charge in [0.25, 0.3) is 5.56 Å². The minimum absolute atomic E-state index is 0.0481. The van der Waals surface area contributed by atoms with Gasteiger partial charge in [0.15, 0.2) is 17.3 Å². The average Bonchev–Trinajstić information content (AvgIpc) is 2.81. The molecule has 33 heavy (non-hydrogen) atoms. The van der Waals surface area contributed by atoms with Gasteiger partial charge in [-0.25, -0.2) is 0 Å². The Hall–Kier alpha value is -2.90. The first-order chi connectivity index (χ1) is 16.1. The summed E-state index contributed by atoms with van der Waals surface area (Å²) < 4.78 is 11.4. The van der Waals surface area contributed by atoms with E-state index in [0.29, 0.717) is 41.3 Å². The van der Waals surface area contributed by atoms with Crippen molar-refractivity contribution in [2.24, 2.45) is 11.8 Å². The SMILES string of the molecule is COc1cc(-c2nnc(CCC(=O)NCC3CCCCC3)c(=O)[nH]2)ccc1OCC1CCC1. The van der Waals surface area contributed by atoms with Gasteiger partial charge in [0, 0.05) is 24.9 Å². The lowest BCUT2D eigenvalue weighted by Gasteiger charge is -2.25. The number of carbonyl (C=O) groups is 1. The van der Waals surface area contributed by atoms with Gasteiger partial charge >= 0.3 is 0 Å². The first-order valence-electron chi connectivity index (χ1n) is 12.2. The van der Waals surface area contributed by atoms with Crippen molar-refractivity contribution in [3.05, 3.63) is 34.2 Å². The summed E-state index contributed by atoms with van der Waals surface area (Å²) in [5.41, 5.74) is 0.618. The minimum atomic E-state index is -0.329. The lowest BCUT2D eigenvalue weighted by Crippen LogP contribution is -2.31. The van der Waals surface area contributed by atoms with E-state index in [4.69, 9.17) is 9.47 Å². The third-order valence-corrected chi connectivity index (χ3v) is 6.80. The predicted molar refractivity (Wildman–Crippen MR) is 125 cm³/mol. The highest BCUT2D eigenvalue weighted by Gasteiger charge is 2.19. The number of amides is 1. The number of nitrogens with zero attached hydrogens (tertiary/aromatic N) is 2. The number of hydrogen-bond donors (Lipinski definition) is 2. The van der Waals surface area contributed by atoms with Crippen LogP contribution in [0.5, 0.6) is 11.5 Å². The van der Waals surface area contributed by atoms with E-state index in [0.717, 1.165) is 6.54 Å². The Balaban J connectivity index is 1.32. The van der Waals surface area contributed by atoms with E-state index < -0.39 is 0 Å². The summed E-state index contributed by atoms with van der Waals surface area (Å²) in [6.07, 6.45) is 10.4. The number of hydrogen-bond acceptors (Lipinski definition) is 6. The van der Waals surface area contributed by atoms with Gasteiger partial charge in [-0.05, 0) is 55.7 Å². The Kier molecular flexibility index (Phi) is 7.96. The molecule has 2 aliphatic carbocycles. The van der Waals surface area contributed by atoms with Crippen molar-refractivity contribution in [2.45, 2.75) is 64.2 Å².